The molecular formula is C18H25FN4O5S. The highest BCUT2D eigenvalue weighted by Gasteiger charge is 2.56. The number of nitrogens with zero attached hydrogens (tertiary/aromatic N) is 2. The van der Waals surface area contributed by atoms with Crippen LogP contribution in [-0.2, 0) is 25.0 Å². The maximum absolute atomic E-state index is 14.8. The standard InChI is InChI=1S/C18H25FN4O5S/c1-17(2,3)28-16(24)21-15-22-18(12-9-11(20)5-6-13(12)19)10-27-8-7-14(18)29(25,26)23(15)4/h5-6,9,14H,7-8,10,20H2,1-4H3,(H,21,22,24)/t14?,18-/m1/s1. The van der Waals surface area contributed by atoms with Gasteiger partial charge in [-0.3, -0.25) is 5.32 Å². The lowest BCUT2D eigenvalue weighted by Gasteiger charge is -2.46. The van der Waals surface area contributed by atoms with Crippen molar-refractivity contribution in [2.45, 2.75) is 43.6 Å². The number of carbonyl (C=O) groups is 1. The summed E-state index contributed by atoms with van der Waals surface area (Å²) in [6, 6.07) is 3.89. The molecule has 0 aromatic heterocycles. The number of rotatable bonds is 1. The van der Waals surface area contributed by atoms with Gasteiger partial charge in [0.25, 0.3) is 0 Å². The van der Waals surface area contributed by atoms with Crippen molar-refractivity contribution in [2.24, 2.45) is 4.99 Å². The van der Waals surface area contributed by atoms with Gasteiger partial charge in [0.1, 0.15) is 22.2 Å². The number of amides is 1. The van der Waals surface area contributed by atoms with E-state index in [1.54, 1.807) is 20.8 Å². The van der Waals surface area contributed by atoms with Gasteiger partial charge in [0.05, 0.1) is 6.61 Å². The number of nitrogen functional groups attached to an aromatic ring is 1. The summed E-state index contributed by atoms with van der Waals surface area (Å²) in [5.74, 6) is -0.933. The summed E-state index contributed by atoms with van der Waals surface area (Å²) in [7, 11) is -2.71. The quantitative estimate of drug-likeness (QED) is 0.654. The SMILES string of the molecule is CN1C(NC(=O)OC(C)(C)C)=N[C@@]2(c3cc(N)ccc3F)COCCC2S1(=O)=O. The van der Waals surface area contributed by atoms with E-state index in [0.717, 1.165) is 10.4 Å². The second kappa shape index (κ2) is 7.13. The molecule has 3 rings (SSSR count). The molecule has 1 amide bonds. The van der Waals surface area contributed by atoms with Crippen LogP contribution in [0.5, 0.6) is 0 Å². The van der Waals surface area contributed by atoms with Gasteiger partial charge in [-0.2, -0.15) is 0 Å². The molecule has 160 valence electrons. The van der Waals surface area contributed by atoms with Crippen molar-refractivity contribution in [2.75, 3.05) is 26.0 Å². The zero-order valence-electron chi connectivity index (χ0n) is 16.7. The molecule has 3 N–H and O–H groups in total. The van der Waals surface area contributed by atoms with Gasteiger partial charge in [-0.1, -0.05) is 0 Å². The van der Waals surface area contributed by atoms with E-state index in [4.69, 9.17) is 15.2 Å². The fraction of sp³-hybridized carbons (Fsp3) is 0.556. The van der Waals surface area contributed by atoms with Crippen molar-refractivity contribution in [3.63, 3.8) is 0 Å². The number of fused-ring (bicyclic) bond motifs is 1. The fourth-order valence-electron chi connectivity index (χ4n) is 3.51. The van der Waals surface area contributed by atoms with Gasteiger partial charge in [-0.15, -0.1) is 0 Å². The number of nitrogens with two attached hydrogens (primary N) is 1. The Labute approximate surface area is 169 Å². The molecule has 1 aromatic carbocycles. The first-order chi connectivity index (χ1) is 13.4. The van der Waals surface area contributed by atoms with Crippen LogP contribution in [0.3, 0.4) is 0 Å². The molecule has 0 bridgehead atoms. The number of guanidine groups is 1. The molecular weight excluding hydrogens is 403 g/mol. The topological polar surface area (TPSA) is 123 Å². The van der Waals surface area contributed by atoms with Crippen molar-refractivity contribution in [1.29, 1.82) is 0 Å². The highest BCUT2D eigenvalue weighted by atomic mass is 32.2. The summed E-state index contributed by atoms with van der Waals surface area (Å²) in [6.07, 6.45) is -0.763. The van der Waals surface area contributed by atoms with E-state index in [0.29, 0.717) is 0 Å². The average molecular weight is 428 g/mol. The summed E-state index contributed by atoms with van der Waals surface area (Å²) in [6.45, 7) is 5.03. The van der Waals surface area contributed by atoms with E-state index in [-0.39, 0.29) is 36.8 Å². The minimum atomic E-state index is -3.99. The molecule has 1 saturated heterocycles. The monoisotopic (exact) mass is 428 g/mol. The Morgan fingerprint density at radius 2 is 2.14 bits per heavy atom. The van der Waals surface area contributed by atoms with E-state index < -0.39 is 38.3 Å². The highest BCUT2D eigenvalue weighted by Crippen LogP contribution is 2.44. The number of hydrogen-bond acceptors (Lipinski definition) is 7. The largest absolute Gasteiger partial charge is 0.444 e. The predicted octanol–water partition coefficient (Wildman–Crippen LogP) is 1.55. The highest BCUT2D eigenvalue weighted by molar-refractivity contribution is 7.90. The molecule has 29 heavy (non-hydrogen) atoms. The molecule has 2 aliphatic rings. The van der Waals surface area contributed by atoms with E-state index >= 15 is 0 Å². The van der Waals surface area contributed by atoms with E-state index in [9.17, 15) is 17.6 Å². The lowest BCUT2D eigenvalue weighted by molar-refractivity contribution is 0.0352. The fourth-order valence-corrected chi connectivity index (χ4v) is 5.35. The molecule has 2 heterocycles. The Morgan fingerprint density at radius 1 is 1.45 bits per heavy atom. The van der Waals surface area contributed by atoms with Crippen molar-refractivity contribution in [3.05, 3.63) is 29.6 Å². The summed E-state index contributed by atoms with van der Waals surface area (Å²) < 4.78 is 52.9. The zero-order valence-corrected chi connectivity index (χ0v) is 17.5. The molecule has 1 unspecified atom stereocenters. The Morgan fingerprint density at radius 3 is 2.79 bits per heavy atom. The van der Waals surface area contributed by atoms with Gasteiger partial charge >= 0.3 is 6.09 Å². The lowest BCUT2D eigenvalue weighted by atomic mass is 9.84. The number of ether oxygens (including phenoxy) is 2. The van der Waals surface area contributed by atoms with Gasteiger partial charge in [0.2, 0.25) is 16.0 Å². The first-order valence-electron chi connectivity index (χ1n) is 9.08. The third kappa shape index (κ3) is 3.88. The summed E-state index contributed by atoms with van der Waals surface area (Å²) in [5.41, 5.74) is 3.70. The van der Waals surface area contributed by atoms with Crippen LogP contribution in [0.25, 0.3) is 0 Å². The number of aliphatic imine (C=N–C) groups is 1. The number of sulfonamides is 1. The number of halogens is 1. The molecule has 2 aliphatic heterocycles. The summed E-state index contributed by atoms with van der Waals surface area (Å²) >= 11 is 0. The van der Waals surface area contributed by atoms with Crippen LogP contribution in [0.15, 0.2) is 23.2 Å². The molecule has 0 radical (unpaired) electrons. The third-order valence-corrected chi connectivity index (χ3v) is 7.07. The Kier molecular flexibility index (Phi) is 5.24. The molecule has 0 aliphatic carbocycles. The second-order valence-electron chi connectivity index (χ2n) is 8.07. The molecule has 1 fully saturated rings. The number of anilines is 1. The number of benzene rings is 1. The van der Waals surface area contributed by atoms with Gasteiger partial charge in [-0.25, -0.2) is 26.9 Å². The Hall–Kier alpha value is -2.40. The van der Waals surface area contributed by atoms with Crippen LogP contribution in [0.2, 0.25) is 0 Å². The molecule has 1 aromatic rings. The van der Waals surface area contributed by atoms with E-state index in [1.165, 1.54) is 19.2 Å². The van der Waals surface area contributed by atoms with Crippen molar-refractivity contribution in [3.8, 4) is 0 Å². The van der Waals surface area contributed by atoms with Crippen LogP contribution in [0.4, 0.5) is 14.9 Å². The number of nitrogens with one attached hydrogen (secondary N) is 1. The maximum atomic E-state index is 14.8. The first-order valence-corrected chi connectivity index (χ1v) is 10.6. The first kappa shape index (κ1) is 21.3. The average Bonchev–Trinajstić information content (AvgIpc) is 2.60. The minimum absolute atomic E-state index is 0.00219. The smallest absolute Gasteiger partial charge is 0.414 e. The van der Waals surface area contributed by atoms with Crippen LogP contribution in [0, 0.1) is 5.82 Å². The van der Waals surface area contributed by atoms with Crippen LogP contribution in [-0.4, -0.2) is 55.9 Å². The van der Waals surface area contributed by atoms with Crippen molar-refractivity contribution in [1.82, 2.24) is 9.62 Å². The van der Waals surface area contributed by atoms with Gasteiger partial charge in [0, 0.05) is 24.9 Å². The number of carbonyl (C=O) groups excluding carboxylic acids is 1. The molecule has 0 spiro atoms. The van der Waals surface area contributed by atoms with Crippen LogP contribution < -0.4 is 11.1 Å². The summed E-state index contributed by atoms with van der Waals surface area (Å²) in [4.78, 5) is 16.7. The normalized spacial score (nSPS) is 26.3. The van der Waals surface area contributed by atoms with Crippen LogP contribution in [0.1, 0.15) is 32.8 Å². The van der Waals surface area contributed by atoms with E-state index in [1.807, 2.05) is 0 Å². The van der Waals surface area contributed by atoms with Gasteiger partial charge < -0.3 is 15.2 Å². The summed E-state index contributed by atoms with van der Waals surface area (Å²) in [5, 5.41) is 1.29. The molecule has 0 saturated carbocycles. The number of hydrogen-bond donors (Lipinski definition) is 2. The predicted molar refractivity (Wildman–Crippen MR) is 105 cm³/mol. The Bertz CT molecular complexity index is 959. The minimum Gasteiger partial charge on any atom is -0.444 e. The lowest BCUT2D eigenvalue weighted by Crippen LogP contribution is -2.62. The third-order valence-electron chi connectivity index (χ3n) is 4.79. The molecule has 9 nitrogen and oxygen atoms in total. The van der Waals surface area contributed by atoms with E-state index in [2.05, 4.69) is 10.3 Å². The molecule has 2 atom stereocenters. The Balaban J connectivity index is 2.15. The molecule has 11 heteroatoms. The van der Waals surface area contributed by atoms with Gasteiger partial charge in [0.15, 0.2) is 0 Å². The van der Waals surface area contributed by atoms with Gasteiger partial charge in [-0.05, 0) is 45.4 Å². The maximum Gasteiger partial charge on any atom is 0.414 e. The zero-order chi connectivity index (χ0) is 21.6. The van der Waals surface area contributed by atoms with Crippen molar-refractivity contribution >= 4 is 27.8 Å². The van der Waals surface area contributed by atoms with Crippen molar-refractivity contribution < 1.29 is 27.1 Å². The number of alkyl carbamates (subject to hydrolysis) is 1. The van der Waals surface area contributed by atoms with Crippen LogP contribution >= 0.6 is 0 Å². The second-order valence-corrected chi connectivity index (χ2v) is 10.2.